The largest absolute Gasteiger partial charge is 0.478 e. The number of nitrogens with two attached hydrogens (primary N) is 1. The van der Waals surface area contributed by atoms with Crippen molar-refractivity contribution in [2.45, 2.75) is 18.9 Å². The Morgan fingerprint density at radius 1 is 1.38 bits per heavy atom. The van der Waals surface area contributed by atoms with Crippen LogP contribution in [0.4, 0.5) is 0 Å². The van der Waals surface area contributed by atoms with Gasteiger partial charge in [0.2, 0.25) is 5.89 Å². The van der Waals surface area contributed by atoms with E-state index in [0.717, 1.165) is 0 Å². The predicted octanol–water partition coefficient (Wildman–Crippen LogP) is 1.65. The lowest BCUT2D eigenvalue weighted by atomic mass is 9.91. The first-order valence-electron chi connectivity index (χ1n) is 6.40. The van der Waals surface area contributed by atoms with E-state index in [9.17, 15) is 9.90 Å². The zero-order chi connectivity index (χ0) is 15.2. The van der Waals surface area contributed by atoms with Gasteiger partial charge in [-0.1, -0.05) is 0 Å². The van der Waals surface area contributed by atoms with Crippen molar-refractivity contribution < 1.29 is 19.4 Å². The molecule has 108 valence electrons. The SMILES string of the molecule is CC1(O)Cc2oc(-c3ccc(C(=O)O)cc3)nc2C=C1N. The molecule has 0 saturated heterocycles. The number of fused-ring (bicyclic) bond motifs is 1. The number of nitrogens with zero attached hydrogens (tertiary/aromatic N) is 1. The summed E-state index contributed by atoms with van der Waals surface area (Å²) < 4.78 is 5.66. The van der Waals surface area contributed by atoms with Crippen LogP contribution in [0, 0.1) is 0 Å². The van der Waals surface area contributed by atoms with Crippen LogP contribution < -0.4 is 5.73 Å². The molecule has 3 rings (SSSR count). The molecule has 0 aliphatic heterocycles. The summed E-state index contributed by atoms with van der Waals surface area (Å²) >= 11 is 0. The van der Waals surface area contributed by atoms with E-state index in [1.165, 1.54) is 12.1 Å². The molecule has 1 aromatic heterocycles. The van der Waals surface area contributed by atoms with Crippen molar-refractivity contribution >= 4 is 12.0 Å². The Morgan fingerprint density at radius 3 is 2.67 bits per heavy atom. The average molecular weight is 286 g/mol. The number of carboxylic acid groups (broad SMARTS) is 1. The molecule has 6 heteroatoms. The van der Waals surface area contributed by atoms with Gasteiger partial charge in [0.1, 0.15) is 17.1 Å². The van der Waals surface area contributed by atoms with Crippen molar-refractivity contribution in [2.24, 2.45) is 5.73 Å². The fourth-order valence-corrected chi connectivity index (χ4v) is 2.20. The molecule has 1 unspecified atom stereocenters. The van der Waals surface area contributed by atoms with Crippen LogP contribution in [-0.4, -0.2) is 26.8 Å². The van der Waals surface area contributed by atoms with Gasteiger partial charge >= 0.3 is 5.97 Å². The Kier molecular flexibility index (Phi) is 2.84. The molecule has 1 aliphatic rings. The van der Waals surface area contributed by atoms with Crippen LogP contribution in [0.3, 0.4) is 0 Å². The predicted molar refractivity (Wildman–Crippen MR) is 75.4 cm³/mol. The number of aromatic carboxylic acids is 1. The zero-order valence-electron chi connectivity index (χ0n) is 11.3. The number of rotatable bonds is 2. The number of aromatic nitrogens is 1. The summed E-state index contributed by atoms with van der Waals surface area (Å²) in [6.07, 6.45) is 1.85. The van der Waals surface area contributed by atoms with E-state index in [2.05, 4.69) is 4.98 Å². The van der Waals surface area contributed by atoms with E-state index in [1.54, 1.807) is 25.1 Å². The second kappa shape index (κ2) is 4.46. The van der Waals surface area contributed by atoms with Gasteiger partial charge in [-0.25, -0.2) is 9.78 Å². The highest BCUT2D eigenvalue weighted by Crippen LogP contribution is 2.32. The zero-order valence-corrected chi connectivity index (χ0v) is 11.3. The first-order chi connectivity index (χ1) is 9.87. The van der Waals surface area contributed by atoms with Gasteiger partial charge in [0.25, 0.3) is 0 Å². The Bertz CT molecular complexity index is 742. The third-order valence-electron chi connectivity index (χ3n) is 3.53. The molecule has 6 nitrogen and oxygen atoms in total. The Morgan fingerprint density at radius 2 is 2.05 bits per heavy atom. The number of benzene rings is 1. The second-order valence-electron chi connectivity index (χ2n) is 5.26. The standard InChI is InChI=1S/C15H14N2O4/c1-15(20)7-11-10(6-12(15)16)17-13(21-11)8-2-4-9(5-3-8)14(18)19/h2-6,20H,7,16H2,1H3,(H,18,19). The van der Waals surface area contributed by atoms with E-state index in [4.69, 9.17) is 15.3 Å². The molecule has 4 N–H and O–H groups in total. The quantitative estimate of drug-likeness (QED) is 0.774. The third kappa shape index (κ3) is 2.30. The van der Waals surface area contributed by atoms with E-state index < -0.39 is 11.6 Å². The first-order valence-corrected chi connectivity index (χ1v) is 6.40. The number of oxazole rings is 1. The molecular weight excluding hydrogens is 272 g/mol. The molecule has 0 saturated carbocycles. The maximum absolute atomic E-state index is 10.8. The number of hydrogen-bond acceptors (Lipinski definition) is 5. The van der Waals surface area contributed by atoms with Crippen molar-refractivity contribution in [3.8, 4) is 11.5 Å². The highest BCUT2D eigenvalue weighted by molar-refractivity contribution is 5.88. The summed E-state index contributed by atoms with van der Waals surface area (Å²) in [7, 11) is 0. The van der Waals surface area contributed by atoms with Gasteiger partial charge in [-0.3, -0.25) is 0 Å². The van der Waals surface area contributed by atoms with Gasteiger partial charge in [0.05, 0.1) is 5.56 Å². The summed E-state index contributed by atoms with van der Waals surface area (Å²) in [4.78, 5) is 15.2. The van der Waals surface area contributed by atoms with E-state index in [1.807, 2.05) is 0 Å². The van der Waals surface area contributed by atoms with Crippen LogP contribution in [0.5, 0.6) is 0 Å². The minimum absolute atomic E-state index is 0.196. The minimum Gasteiger partial charge on any atom is -0.478 e. The van der Waals surface area contributed by atoms with Crippen LogP contribution >= 0.6 is 0 Å². The molecule has 21 heavy (non-hydrogen) atoms. The number of hydrogen-bond donors (Lipinski definition) is 3. The van der Waals surface area contributed by atoms with Crippen molar-refractivity contribution in [1.82, 2.24) is 4.98 Å². The number of carbonyl (C=O) groups is 1. The van der Waals surface area contributed by atoms with Crippen molar-refractivity contribution in [3.05, 3.63) is 47.0 Å². The van der Waals surface area contributed by atoms with Gasteiger partial charge in [0, 0.05) is 17.7 Å². The number of carboxylic acids is 1. The maximum atomic E-state index is 10.8. The Labute approximate surface area is 120 Å². The lowest BCUT2D eigenvalue weighted by molar-refractivity contribution is 0.0696. The Hall–Kier alpha value is -2.60. The van der Waals surface area contributed by atoms with Crippen LogP contribution in [0.1, 0.15) is 28.7 Å². The maximum Gasteiger partial charge on any atom is 0.335 e. The van der Waals surface area contributed by atoms with Crippen LogP contribution in [0.15, 0.2) is 34.4 Å². The van der Waals surface area contributed by atoms with E-state index >= 15 is 0 Å². The fourth-order valence-electron chi connectivity index (χ4n) is 2.20. The highest BCUT2D eigenvalue weighted by Gasteiger charge is 2.32. The molecule has 1 aromatic carbocycles. The molecule has 1 atom stereocenters. The molecular formula is C15H14N2O4. The van der Waals surface area contributed by atoms with Crippen LogP contribution in [0.25, 0.3) is 17.5 Å². The number of aliphatic hydroxyl groups is 1. The van der Waals surface area contributed by atoms with Crippen LogP contribution in [-0.2, 0) is 6.42 Å². The molecule has 0 amide bonds. The van der Waals surface area contributed by atoms with Gasteiger partial charge < -0.3 is 20.4 Å². The van der Waals surface area contributed by atoms with Crippen molar-refractivity contribution in [3.63, 3.8) is 0 Å². The average Bonchev–Trinajstić information content (AvgIpc) is 2.81. The van der Waals surface area contributed by atoms with Gasteiger partial charge in [-0.15, -0.1) is 0 Å². The van der Waals surface area contributed by atoms with Gasteiger partial charge in [0.15, 0.2) is 0 Å². The third-order valence-corrected chi connectivity index (χ3v) is 3.53. The summed E-state index contributed by atoms with van der Waals surface area (Å²) in [6, 6.07) is 6.24. The molecule has 1 heterocycles. The fraction of sp³-hybridized carbons (Fsp3) is 0.200. The lowest BCUT2D eigenvalue weighted by Gasteiger charge is -2.25. The van der Waals surface area contributed by atoms with Crippen molar-refractivity contribution in [1.29, 1.82) is 0 Å². The molecule has 1 aliphatic carbocycles. The lowest BCUT2D eigenvalue weighted by Crippen LogP contribution is -2.36. The van der Waals surface area contributed by atoms with Gasteiger partial charge in [-0.05, 0) is 37.3 Å². The molecule has 0 spiro atoms. The summed E-state index contributed by atoms with van der Waals surface area (Å²) in [6.45, 7) is 1.62. The first kappa shape index (κ1) is 13.4. The smallest absolute Gasteiger partial charge is 0.335 e. The monoisotopic (exact) mass is 286 g/mol. The summed E-state index contributed by atoms with van der Waals surface area (Å²) in [5.74, 6) is -0.0507. The van der Waals surface area contributed by atoms with Crippen molar-refractivity contribution in [2.75, 3.05) is 0 Å². The van der Waals surface area contributed by atoms with E-state index in [-0.39, 0.29) is 12.0 Å². The molecule has 2 aromatic rings. The summed E-state index contributed by atoms with van der Waals surface area (Å²) in [5.41, 5.74) is 6.45. The van der Waals surface area contributed by atoms with E-state index in [0.29, 0.717) is 28.6 Å². The second-order valence-corrected chi connectivity index (χ2v) is 5.26. The molecule has 0 radical (unpaired) electrons. The Balaban J connectivity index is 1.98. The highest BCUT2D eigenvalue weighted by atomic mass is 16.4. The van der Waals surface area contributed by atoms with Gasteiger partial charge in [-0.2, -0.15) is 0 Å². The topological polar surface area (TPSA) is 110 Å². The normalized spacial score (nSPS) is 20.8. The molecule has 0 bridgehead atoms. The minimum atomic E-state index is -1.14. The molecule has 0 fully saturated rings. The summed E-state index contributed by atoms with van der Waals surface area (Å²) in [5, 5.41) is 19.0. The van der Waals surface area contributed by atoms with Crippen LogP contribution in [0.2, 0.25) is 0 Å².